The summed E-state index contributed by atoms with van der Waals surface area (Å²) in [5.41, 5.74) is -1.64. The Labute approximate surface area is 175 Å². The highest BCUT2D eigenvalue weighted by molar-refractivity contribution is 5.95. The first-order valence-electron chi connectivity index (χ1n) is 10.2. The average Bonchev–Trinajstić information content (AvgIpc) is 3.07. The molecule has 2 amide bonds. The maximum Gasteiger partial charge on any atom is 0.303 e. The van der Waals surface area contributed by atoms with E-state index in [0.717, 1.165) is 12.5 Å². The first kappa shape index (κ1) is 22.2. The second-order valence-corrected chi connectivity index (χ2v) is 8.93. The molecule has 3 rings (SSSR count). The number of piperidine rings is 1. The summed E-state index contributed by atoms with van der Waals surface area (Å²) in [7, 11) is 0. The van der Waals surface area contributed by atoms with Crippen LogP contribution >= 0.6 is 0 Å². The molecule has 0 aromatic heterocycles. The number of amides is 2. The highest BCUT2D eigenvalue weighted by Gasteiger charge is 2.46. The summed E-state index contributed by atoms with van der Waals surface area (Å²) in [6.07, 6.45) is 2.07. The molecule has 1 spiro atoms. The van der Waals surface area contributed by atoms with Gasteiger partial charge in [0.15, 0.2) is 5.60 Å². The maximum absolute atomic E-state index is 14.3. The Morgan fingerprint density at radius 1 is 1.03 bits per heavy atom. The molecule has 2 fully saturated rings. The number of nitrogens with zero attached hydrogens (tertiary/aromatic N) is 2. The highest BCUT2D eigenvalue weighted by Crippen LogP contribution is 2.41. The topological polar surface area (TPSA) is 66.9 Å². The minimum absolute atomic E-state index is 0.136. The standard InChI is InChI=1S/C22H28F2N2O4/c1-14-5-6-16(23)17(18(14)24)19(28)25-10-7-22(8-11-25)9-12-26(13-22)20(29)21(3,4)30-15(2)27/h5-6H,7-13H2,1-4H3. The number of hydrogen-bond acceptors (Lipinski definition) is 4. The molecule has 0 saturated carbocycles. The number of likely N-dealkylation sites (tertiary alicyclic amines) is 2. The molecular formula is C22H28F2N2O4. The zero-order chi connectivity index (χ0) is 22.3. The van der Waals surface area contributed by atoms with Crippen molar-refractivity contribution in [1.82, 2.24) is 9.80 Å². The van der Waals surface area contributed by atoms with Crippen molar-refractivity contribution in [3.05, 3.63) is 34.9 Å². The molecule has 0 N–H and O–H groups in total. The van der Waals surface area contributed by atoms with Gasteiger partial charge in [-0.15, -0.1) is 0 Å². The molecule has 30 heavy (non-hydrogen) atoms. The molecule has 164 valence electrons. The number of carbonyl (C=O) groups is 3. The van der Waals surface area contributed by atoms with Crippen LogP contribution in [0.2, 0.25) is 0 Å². The third-order valence-corrected chi connectivity index (χ3v) is 6.25. The first-order valence-corrected chi connectivity index (χ1v) is 10.2. The molecule has 1 aromatic rings. The summed E-state index contributed by atoms with van der Waals surface area (Å²) in [5.74, 6) is -3.05. The molecule has 1 aromatic carbocycles. The molecule has 0 atom stereocenters. The number of rotatable bonds is 3. The van der Waals surface area contributed by atoms with Crippen LogP contribution in [0.4, 0.5) is 8.78 Å². The van der Waals surface area contributed by atoms with Crippen molar-refractivity contribution in [3.63, 3.8) is 0 Å². The van der Waals surface area contributed by atoms with Crippen molar-refractivity contribution in [3.8, 4) is 0 Å². The number of hydrogen-bond donors (Lipinski definition) is 0. The lowest BCUT2D eigenvalue weighted by Crippen LogP contribution is -2.49. The van der Waals surface area contributed by atoms with E-state index in [4.69, 9.17) is 4.74 Å². The molecule has 2 aliphatic heterocycles. The summed E-state index contributed by atoms with van der Waals surface area (Å²) in [5, 5.41) is 0. The number of aryl methyl sites for hydroxylation is 1. The third kappa shape index (κ3) is 4.18. The fourth-order valence-corrected chi connectivity index (χ4v) is 4.50. The molecular weight excluding hydrogens is 394 g/mol. The van der Waals surface area contributed by atoms with Gasteiger partial charge in [0.2, 0.25) is 0 Å². The zero-order valence-electron chi connectivity index (χ0n) is 17.9. The predicted molar refractivity (Wildman–Crippen MR) is 106 cm³/mol. The van der Waals surface area contributed by atoms with E-state index in [0.29, 0.717) is 39.0 Å². The quantitative estimate of drug-likeness (QED) is 0.703. The van der Waals surface area contributed by atoms with Crippen molar-refractivity contribution in [2.24, 2.45) is 5.41 Å². The largest absolute Gasteiger partial charge is 0.450 e. The van der Waals surface area contributed by atoms with Gasteiger partial charge in [0.25, 0.3) is 11.8 Å². The summed E-state index contributed by atoms with van der Waals surface area (Å²) < 4.78 is 33.6. The highest BCUT2D eigenvalue weighted by atomic mass is 19.1. The van der Waals surface area contributed by atoms with Crippen molar-refractivity contribution in [2.45, 2.75) is 52.6 Å². The first-order chi connectivity index (χ1) is 14.0. The SMILES string of the molecule is CC(=O)OC(C)(C)C(=O)N1CCC2(CCN(C(=O)c3c(F)ccc(C)c3F)CC2)C1. The summed E-state index contributed by atoms with van der Waals surface area (Å²) in [6.45, 7) is 7.75. The van der Waals surface area contributed by atoms with E-state index in [-0.39, 0.29) is 16.9 Å². The molecule has 0 unspecified atom stereocenters. The Morgan fingerprint density at radius 3 is 2.17 bits per heavy atom. The van der Waals surface area contributed by atoms with Gasteiger partial charge in [-0.3, -0.25) is 14.4 Å². The van der Waals surface area contributed by atoms with E-state index >= 15 is 0 Å². The number of carbonyl (C=O) groups excluding carboxylic acids is 3. The van der Waals surface area contributed by atoms with Crippen molar-refractivity contribution in [2.75, 3.05) is 26.2 Å². The smallest absolute Gasteiger partial charge is 0.303 e. The van der Waals surface area contributed by atoms with Crippen LogP contribution in [-0.4, -0.2) is 59.4 Å². The van der Waals surface area contributed by atoms with Gasteiger partial charge >= 0.3 is 5.97 Å². The maximum atomic E-state index is 14.3. The van der Waals surface area contributed by atoms with Gasteiger partial charge < -0.3 is 14.5 Å². The Balaban J connectivity index is 1.65. The van der Waals surface area contributed by atoms with E-state index in [1.54, 1.807) is 18.7 Å². The van der Waals surface area contributed by atoms with Gasteiger partial charge in [-0.1, -0.05) is 6.07 Å². The van der Waals surface area contributed by atoms with Gasteiger partial charge in [0.1, 0.15) is 17.2 Å². The van der Waals surface area contributed by atoms with E-state index in [2.05, 4.69) is 0 Å². The Morgan fingerprint density at radius 2 is 1.60 bits per heavy atom. The summed E-state index contributed by atoms with van der Waals surface area (Å²) in [4.78, 5) is 40.0. The van der Waals surface area contributed by atoms with E-state index in [1.807, 2.05) is 0 Å². The van der Waals surface area contributed by atoms with Crippen LogP contribution in [0.5, 0.6) is 0 Å². The van der Waals surface area contributed by atoms with Crippen LogP contribution in [0.3, 0.4) is 0 Å². The van der Waals surface area contributed by atoms with E-state index in [1.165, 1.54) is 24.8 Å². The zero-order valence-corrected chi connectivity index (χ0v) is 17.9. The summed E-state index contributed by atoms with van der Waals surface area (Å²) in [6, 6.07) is 2.43. The van der Waals surface area contributed by atoms with Crippen LogP contribution in [-0.2, 0) is 14.3 Å². The molecule has 0 aliphatic carbocycles. The van der Waals surface area contributed by atoms with Gasteiger partial charge in [0, 0.05) is 33.1 Å². The number of ether oxygens (including phenoxy) is 1. The van der Waals surface area contributed by atoms with Gasteiger partial charge in [-0.05, 0) is 57.1 Å². The van der Waals surface area contributed by atoms with Crippen LogP contribution in [0.1, 0.15) is 56.0 Å². The minimum Gasteiger partial charge on any atom is -0.450 e. The Bertz CT molecular complexity index is 876. The fraction of sp³-hybridized carbons (Fsp3) is 0.591. The van der Waals surface area contributed by atoms with Crippen LogP contribution in [0, 0.1) is 24.0 Å². The molecule has 2 aliphatic rings. The minimum atomic E-state index is -1.23. The average molecular weight is 422 g/mol. The van der Waals surface area contributed by atoms with Crippen LogP contribution in [0.15, 0.2) is 12.1 Å². The molecule has 0 radical (unpaired) electrons. The molecule has 0 bridgehead atoms. The lowest BCUT2D eigenvalue weighted by atomic mass is 9.77. The normalized spacial score (nSPS) is 18.6. The molecule has 2 saturated heterocycles. The van der Waals surface area contributed by atoms with Crippen molar-refractivity contribution < 1.29 is 27.9 Å². The fourth-order valence-electron chi connectivity index (χ4n) is 4.50. The van der Waals surface area contributed by atoms with E-state index < -0.39 is 34.7 Å². The number of benzene rings is 1. The second kappa shape index (κ2) is 7.96. The molecule has 6 nitrogen and oxygen atoms in total. The van der Waals surface area contributed by atoms with Gasteiger partial charge in [-0.2, -0.15) is 0 Å². The van der Waals surface area contributed by atoms with Crippen molar-refractivity contribution >= 4 is 17.8 Å². The third-order valence-electron chi connectivity index (χ3n) is 6.25. The Kier molecular flexibility index (Phi) is 5.89. The van der Waals surface area contributed by atoms with Gasteiger partial charge in [0.05, 0.1) is 0 Å². The monoisotopic (exact) mass is 422 g/mol. The molecule has 2 heterocycles. The van der Waals surface area contributed by atoms with Crippen molar-refractivity contribution in [1.29, 1.82) is 0 Å². The van der Waals surface area contributed by atoms with Crippen LogP contribution < -0.4 is 0 Å². The predicted octanol–water partition coefficient (Wildman–Crippen LogP) is 3.07. The summed E-state index contributed by atoms with van der Waals surface area (Å²) >= 11 is 0. The van der Waals surface area contributed by atoms with E-state index in [9.17, 15) is 23.2 Å². The Hall–Kier alpha value is -2.51. The number of halogens is 2. The molecule has 8 heteroatoms. The van der Waals surface area contributed by atoms with Crippen LogP contribution in [0.25, 0.3) is 0 Å². The van der Waals surface area contributed by atoms with Gasteiger partial charge in [-0.25, -0.2) is 8.78 Å². The second-order valence-electron chi connectivity index (χ2n) is 8.93. The lowest BCUT2D eigenvalue weighted by molar-refractivity contribution is -0.168. The lowest BCUT2D eigenvalue weighted by Gasteiger charge is -2.39. The number of esters is 1.